The molecule has 1 fully saturated rings. The van der Waals surface area contributed by atoms with Gasteiger partial charge < -0.3 is 10.1 Å². The minimum atomic E-state index is -0.708. The Hall–Kier alpha value is -2.17. The number of hydrogen-bond donors (Lipinski definition) is 1. The summed E-state index contributed by atoms with van der Waals surface area (Å²) in [7, 11) is 0. The number of hydrogen-bond acceptors (Lipinski definition) is 4. The second kappa shape index (κ2) is 7.40. The standard InChI is InChI=1S/C18H23NO4/c1-18(2)11-10-14(20)8-9-16(21)19-15(12-23-17(18)22)13-6-4-3-5-7-13/h3-7,15H,8-12H2,1-2H3,(H,19,21). The quantitative estimate of drug-likeness (QED) is 0.808. The van der Waals surface area contributed by atoms with Crippen molar-refractivity contribution in [2.24, 2.45) is 5.41 Å². The monoisotopic (exact) mass is 317 g/mol. The van der Waals surface area contributed by atoms with E-state index in [4.69, 9.17) is 4.74 Å². The van der Waals surface area contributed by atoms with Crippen LogP contribution in [0, 0.1) is 5.41 Å². The Kier molecular flexibility index (Phi) is 5.53. The van der Waals surface area contributed by atoms with E-state index in [0.717, 1.165) is 5.56 Å². The Morgan fingerprint density at radius 1 is 1.04 bits per heavy atom. The molecule has 1 aliphatic heterocycles. The Bertz CT molecular complexity index is 580. The number of carbonyl (C=O) groups excluding carboxylic acids is 3. The minimum Gasteiger partial charge on any atom is -0.463 e. The number of nitrogens with one attached hydrogen (secondary N) is 1. The van der Waals surface area contributed by atoms with Crippen molar-refractivity contribution in [3.63, 3.8) is 0 Å². The highest BCUT2D eigenvalue weighted by molar-refractivity contribution is 5.86. The van der Waals surface area contributed by atoms with Crippen LogP contribution in [0.3, 0.4) is 0 Å². The molecule has 1 unspecified atom stereocenters. The van der Waals surface area contributed by atoms with Crippen molar-refractivity contribution in [2.75, 3.05) is 6.61 Å². The second-order valence-corrected chi connectivity index (χ2v) is 6.55. The first-order chi connectivity index (χ1) is 10.9. The lowest BCUT2D eigenvalue weighted by molar-refractivity contribution is -0.156. The second-order valence-electron chi connectivity index (χ2n) is 6.55. The zero-order chi connectivity index (χ0) is 16.9. The van der Waals surface area contributed by atoms with E-state index in [0.29, 0.717) is 6.42 Å². The molecule has 1 saturated heterocycles. The summed E-state index contributed by atoms with van der Waals surface area (Å²) in [5, 5.41) is 2.85. The molecule has 1 atom stereocenters. The summed E-state index contributed by atoms with van der Waals surface area (Å²) < 4.78 is 5.42. The molecule has 1 aromatic carbocycles. The molecule has 124 valence electrons. The van der Waals surface area contributed by atoms with Gasteiger partial charge in [0, 0.05) is 19.3 Å². The van der Waals surface area contributed by atoms with Crippen molar-refractivity contribution < 1.29 is 19.1 Å². The number of rotatable bonds is 1. The molecule has 1 aliphatic rings. The topological polar surface area (TPSA) is 72.5 Å². The van der Waals surface area contributed by atoms with Gasteiger partial charge in [-0.25, -0.2) is 0 Å². The highest BCUT2D eigenvalue weighted by Crippen LogP contribution is 2.26. The lowest BCUT2D eigenvalue weighted by Gasteiger charge is -2.26. The molecule has 0 radical (unpaired) electrons. The minimum absolute atomic E-state index is 0.00198. The van der Waals surface area contributed by atoms with Crippen molar-refractivity contribution in [3.05, 3.63) is 35.9 Å². The summed E-state index contributed by atoms with van der Waals surface area (Å²) in [6, 6.07) is 8.97. The van der Waals surface area contributed by atoms with Gasteiger partial charge in [-0.2, -0.15) is 0 Å². The molecule has 0 saturated carbocycles. The average Bonchev–Trinajstić information content (AvgIpc) is 2.54. The first-order valence-electron chi connectivity index (χ1n) is 7.92. The maximum Gasteiger partial charge on any atom is 0.311 e. The number of Topliss-reactive ketones (excluding diaryl/α,β-unsaturated/α-hetero) is 1. The molecule has 1 heterocycles. The maximum atomic E-state index is 12.3. The highest BCUT2D eigenvalue weighted by atomic mass is 16.5. The van der Waals surface area contributed by atoms with Gasteiger partial charge in [-0.3, -0.25) is 14.4 Å². The summed E-state index contributed by atoms with van der Waals surface area (Å²) in [6.45, 7) is 3.65. The maximum absolute atomic E-state index is 12.3. The van der Waals surface area contributed by atoms with Gasteiger partial charge in [0.2, 0.25) is 5.91 Å². The fourth-order valence-corrected chi connectivity index (χ4v) is 2.46. The number of ketones is 1. The molecule has 1 amide bonds. The van der Waals surface area contributed by atoms with Crippen LogP contribution in [0.25, 0.3) is 0 Å². The van der Waals surface area contributed by atoms with Crippen molar-refractivity contribution in [1.82, 2.24) is 5.32 Å². The molecule has 0 aromatic heterocycles. The van der Waals surface area contributed by atoms with Gasteiger partial charge in [0.05, 0.1) is 11.5 Å². The Morgan fingerprint density at radius 2 is 1.74 bits per heavy atom. The van der Waals surface area contributed by atoms with Crippen LogP contribution in [-0.4, -0.2) is 24.3 Å². The van der Waals surface area contributed by atoms with E-state index in [1.807, 2.05) is 30.3 Å². The first kappa shape index (κ1) is 17.2. The van der Waals surface area contributed by atoms with Crippen LogP contribution < -0.4 is 5.32 Å². The number of ether oxygens (including phenoxy) is 1. The van der Waals surface area contributed by atoms with E-state index < -0.39 is 11.5 Å². The van der Waals surface area contributed by atoms with E-state index in [1.54, 1.807) is 13.8 Å². The van der Waals surface area contributed by atoms with Crippen LogP contribution in [0.2, 0.25) is 0 Å². The SMILES string of the molecule is CC1(C)CCC(=O)CCC(=O)NC(c2ccccc2)COC1=O. The molecule has 23 heavy (non-hydrogen) atoms. The normalized spacial score (nSPS) is 23.2. The Morgan fingerprint density at radius 3 is 2.43 bits per heavy atom. The number of benzene rings is 1. The van der Waals surface area contributed by atoms with Gasteiger partial charge in [0.15, 0.2) is 0 Å². The summed E-state index contributed by atoms with van der Waals surface area (Å²) in [5.41, 5.74) is 0.162. The molecular weight excluding hydrogens is 294 g/mol. The van der Waals surface area contributed by atoms with E-state index in [1.165, 1.54) is 0 Å². The third kappa shape index (κ3) is 4.91. The summed E-state index contributed by atoms with van der Waals surface area (Å²) in [6.07, 6.45) is 1.09. The van der Waals surface area contributed by atoms with Gasteiger partial charge in [-0.15, -0.1) is 0 Å². The summed E-state index contributed by atoms with van der Waals surface area (Å²) in [5.74, 6) is -0.554. The molecule has 1 aromatic rings. The molecule has 0 spiro atoms. The molecule has 0 bridgehead atoms. The van der Waals surface area contributed by atoms with E-state index >= 15 is 0 Å². The van der Waals surface area contributed by atoms with Crippen LogP contribution in [0.4, 0.5) is 0 Å². The number of esters is 1. The van der Waals surface area contributed by atoms with Crippen molar-refractivity contribution in [1.29, 1.82) is 0 Å². The van der Waals surface area contributed by atoms with E-state index in [9.17, 15) is 14.4 Å². The molecular formula is C18H23NO4. The van der Waals surface area contributed by atoms with Gasteiger partial charge in [-0.1, -0.05) is 30.3 Å². The third-order valence-electron chi connectivity index (χ3n) is 4.13. The van der Waals surface area contributed by atoms with Crippen molar-refractivity contribution >= 4 is 17.7 Å². The zero-order valence-electron chi connectivity index (χ0n) is 13.6. The molecule has 5 nitrogen and oxygen atoms in total. The summed E-state index contributed by atoms with van der Waals surface area (Å²) in [4.78, 5) is 36.2. The molecule has 0 aliphatic carbocycles. The van der Waals surface area contributed by atoms with Crippen LogP contribution >= 0.6 is 0 Å². The summed E-state index contributed by atoms with van der Waals surface area (Å²) >= 11 is 0. The van der Waals surface area contributed by atoms with Crippen LogP contribution in [-0.2, 0) is 19.1 Å². The number of cyclic esters (lactones) is 1. The fourth-order valence-electron chi connectivity index (χ4n) is 2.46. The average molecular weight is 317 g/mol. The Labute approximate surface area is 136 Å². The number of amides is 1. The predicted octanol–water partition coefficient (Wildman–Crippen LogP) is 2.56. The molecule has 5 heteroatoms. The smallest absolute Gasteiger partial charge is 0.311 e. The first-order valence-corrected chi connectivity index (χ1v) is 7.92. The third-order valence-corrected chi connectivity index (χ3v) is 4.13. The van der Waals surface area contributed by atoms with Crippen LogP contribution in [0.1, 0.15) is 51.1 Å². The van der Waals surface area contributed by atoms with Gasteiger partial charge >= 0.3 is 5.97 Å². The van der Waals surface area contributed by atoms with Crippen molar-refractivity contribution in [2.45, 2.75) is 45.6 Å². The van der Waals surface area contributed by atoms with Gasteiger partial charge in [0.1, 0.15) is 12.4 Å². The highest BCUT2D eigenvalue weighted by Gasteiger charge is 2.31. The van der Waals surface area contributed by atoms with E-state index in [2.05, 4.69) is 5.32 Å². The lowest BCUT2D eigenvalue weighted by atomic mass is 9.86. The van der Waals surface area contributed by atoms with E-state index in [-0.39, 0.29) is 43.5 Å². The molecule has 2 rings (SSSR count). The van der Waals surface area contributed by atoms with Gasteiger partial charge in [-0.05, 0) is 25.8 Å². The fraction of sp³-hybridized carbons (Fsp3) is 0.500. The zero-order valence-corrected chi connectivity index (χ0v) is 13.6. The van der Waals surface area contributed by atoms with Gasteiger partial charge in [0.25, 0.3) is 0 Å². The Balaban J connectivity index is 2.18. The van der Waals surface area contributed by atoms with Crippen molar-refractivity contribution in [3.8, 4) is 0 Å². The van der Waals surface area contributed by atoms with Crippen LogP contribution in [0.15, 0.2) is 30.3 Å². The largest absolute Gasteiger partial charge is 0.463 e. The number of carbonyl (C=O) groups is 3. The van der Waals surface area contributed by atoms with Crippen LogP contribution in [0.5, 0.6) is 0 Å². The molecule has 1 N–H and O–H groups in total. The lowest BCUT2D eigenvalue weighted by Crippen LogP contribution is -2.35. The predicted molar refractivity (Wildman–Crippen MR) is 85.5 cm³/mol.